The van der Waals surface area contributed by atoms with Gasteiger partial charge in [-0.3, -0.25) is 4.79 Å². The van der Waals surface area contributed by atoms with Crippen molar-refractivity contribution < 1.29 is 0 Å². The van der Waals surface area contributed by atoms with E-state index in [2.05, 4.69) is 14.7 Å². The van der Waals surface area contributed by atoms with Crippen LogP contribution in [0.1, 0.15) is 36.4 Å². The second kappa shape index (κ2) is 6.11. The highest BCUT2D eigenvalue weighted by molar-refractivity contribution is 7.10. The normalized spacial score (nSPS) is 10.5. The molecule has 0 saturated carbocycles. The van der Waals surface area contributed by atoms with Gasteiger partial charge in [-0.1, -0.05) is 29.9 Å². The zero-order chi connectivity index (χ0) is 14.7. The predicted octanol–water partition coefficient (Wildman–Crippen LogP) is 1.79. The monoisotopic (exact) mass is 309 g/mol. The highest BCUT2D eigenvalue weighted by Gasteiger charge is 2.16. The molecule has 104 valence electrons. The molecule has 0 bridgehead atoms. The van der Waals surface area contributed by atoms with Gasteiger partial charge in [0.2, 0.25) is 0 Å². The molecule has 0 amide bonds. The highest BCUT2D eigenvalue weighted by atomic mass is 35.5. The Balaban J connectivity index is 2.58. The van der Waals surface area contributed by atoms with Gasteiger partial charge in [0, 0.05) is 11.5 Å². The summed E-state index contributed by atoms with van der Waals surface area (Å²) in [6, 6.07) is 1.98. The number of hydrogen-bond donors (Lipinski definition) is 0. The van der Waals surface area contributed by atoms with Gasteiger partial charge in [0.25, 0.3) is 5.56 Å². The summed E-state index contributed by atoms with van der Waals surface area (Å²) < 4.78 is 5.38. The second-order valence-corrected chi connectivity index (χ2v) is 5.43. The Bertz CT molecular complexity index is 730. The molecular formula is C12H12ClN5OS. The molecule has 2 aromatic heterocycles. The van der Waals surface area contributed by atoms with Crippen LogP contribution in [0.15, 0.2) is 4.79 Å². The fourth-order valence-corrected chi connectivity index (χ4v) is 2.59. The number of hydrogen-bond acceptors (Lipinski definition) is 6. The van der Waals surface area contributed by atoms with Gasteiger partial charge < -0.3 is 0 Å². The fraction of sp³-hybridized carbons (Fsp3) is 0.417. The Labute approximate surface area is 124 Å². The number of halogens is 1. The summed E-state index contributed by atoms with van der Waals surface area (Å²) in [4.78, 5) is 12.3. The minimum absolute atomic E-state index is 0.125. The van der Waals surface area contributed by atoms with E-state index in [1.165, 1.54) is 4.68 Å². The average Bonchev–Trinajstić information content (AvgIpc) is 2.85. The number of nitriles is 1. The molecule has 0 radical (unpaired) electrons. The van der Waals surface area contributed by atoms with Gasteiger partial charge in [0.15, 0.2) is 0 Å². The smallest absolute Gasteiger partial charge is 0.266 e. The molecule has 0 unspecified atom stereocenters. The fourth-order valence-electron chi connectivity index (χ4n) is 1.97. The molecule has 0 fully saturated rings. The standard InChI is InChI=1S/C12H12ClN5OS/c1-3-7-8(5-14)12(19)18(16-9(7)4-2)6-10-11(13)20-17-15-10/h3-4,6H2,1-2H3. The minimum Gasteiger partial charge on any atom is -0.266 e. The second-order valence-electron chi connectivity index (χ2n) is 4.08. The van der Waals surface area contributed by atoms with Crippen LogP contribution in [0.3, 0.4) is 0 Å². The van der Waals surface area contributed by atoms with E-state index in [9.17, 15) is 10.1 Å². The van der Waals surface area contributed by atoms with Crippen LogP contribution in [0, 0.1) is 11.3 Å². The summed E-state index contributed by atoms with van der Waals surface area (Å²) >= 11 is 6.99. The van der Waals surface area contributed by atoms with Gasteiger partial charge >= 0.3 is 0 Å². The molecule has 8 heteroatoms. The van der Waals surface area contributed by atoms with Crippen LogP contribution in [-0.2, 0) is 19.4 Å². The van der Waals surface area contributed by atoms with E-state index in [0.717, 1.165) is 22.8 Å². The summed E-state index contributed by atoms with van der Waals surface area (Å²) in [5.41, 5.74) is 1.70. The van der Waals surface area contributed by atoms with Crippen molar-refractivity contribution in [3.63, 3.8) is 0 Å². The molecule has 6 nitrogen and oxygen atoms in total. The Morgan fingerprint density at radius 2 is 2.10 bits per heavy atom. The van der Waals surface area contributed by atoms with Gasteiger partial charge in [-0.2, -0.15) is 10.4 Å². The maximum atomic E-state index is 12.3. The lowest BCUT2D eigenvalue weighted by molar-refractivity contribution is 0.602. The molecule has 2 aromatic rings. The molecule has 0 aliphatic rings. The van der Waals surface area contributed by atoms with Crippen molar-refractivity contribution in [1.29, 1.82) is 5.26 Å². The summed E-state index contributed by atoms with van der Waals surface area (Å²) in [5, 5.41) is 17.4. The molecule has 0 aliphatic heterocycles. The molecule has 2 heterocycles. The third kappa shape index (κ3) is 2.57. The molecule has 0 N–H and O–H groups in total. The maximum absolute atomic E-state index is 12.3. The summed E-state index contributed by atoms with van der Waals surface area (Å²) in [7, 11) is 0. The van der Waals surface area contributed by atoms with Crippen molar-refractivity contribution >= 4 is 23.1 Å². The van der Waals surface area contributed by atoms with Crippen LogP contribution in [-0.4, -0.2) is 19.4 Å². The van der Waals surface area contributed by atoms with Crippen LogP contribution < -0.4 is 5.56 Å². The van der Waals surface area contributed by atoms with E-state index in [1.807, 2.05) is 19.9 Å². The lowest BCUT2D eigenvalue weighted by atomic mass is 10.0. The van der Waals surface area contributed by atoms with Crippen molar-refractivity contribution in [1.82, 2.24) is 19.4 Å². The van der Waals surface area contributed by atoms with E-state index in [1.54, 1.807) is 0 Å². The summed E-state index contributed by atoms with van der Waals surface area (Å²) in [5.74, 6) is 0. The average molecular weight is 310 g/mol. The van der Waals surface area contributed by atoms with Gasteiger partial charge in [-0.25, -0.2) is 4.68 Å². The first-order chi connectivity index (χ1) is 9.62. The lowest BCUT2D eigenvalue weighted by Gasteiger charge is -2.10. The third-order valence-electron chi connectivity index (χ3n) is 2.95. The van der Waals surface area contributed by atoms with Crippen molar-refractivity contribution in [2.45, 2.75) is 33.2 Å². The van der Waals surface area contributed by atoms with E-state index in [0.29, 0.717) is 22.9 Å². The lowest BCUT2D eigenvalue weighted by Crippen LogP contribution is -2.29. The molecule has 0 aliphatic carbocycles. The van der Waals surface area contributed by atoms with E-state index >= 15 is 0 Å². The van der Waals surface area contributed by atoms with Gasteiger partial charge in [0.1, 0.15) is 21.7 Å². The van der Waals surface area contributed by atoms with E-state index in [-0.39, 0.29) is 12.1 Å². The SMILES string of the molecule is CCc1nn(Cc2nnsc2Cl)c(=O)c(C#N)c1CC. The first-order valence-electron chi connectivity index (χ1n) is 6.12. The maximum Gasteiger partial charge on any atom is 0.285 e. The number of nitrogens with zero attached hydrogens (tertiary/aromatic N) is 5. The first kappa shape index (κ1) is 14.6. The van der Waals surface area contributed by atoms with Crippen molar-refractivity contribution in [3.8, 4) is 6.07 Å². The molecule has 0 saturated heterocycles. The number of aryl methyl sites for hydroxylation is 1. The predicted molar refractivity (Wildman–Crippen MR) is 76.0 cm³/mol. The zero-order valence-corrected chi connectivity index (χ0v) is 12.6. The molecular weight excluding hydrogens is 298 g/mol. The van der Waals surface area contributed by atoms with Crippen molar-refractivity contribution in [3.05, 3.63) is 37.2 Å². The van der Waals surface area contributed by atoms with Gasteiger partial charge in [-0.05, 0) is 18.4 Å². The Morgan fingerprint density at radius 1 is 1.35 bits per heavy atom. The van der Waals surface area contributed by atoms with E-state index < -0.39 is 5.56 Å². The molecule has 0 aromatic carbocycles. The quantitative estimate of drug-likeness (QED) is 0.859. The Morgan fingerprint density at radius 3 is 2.60 bits per heavy atom. The summed E-state index contributed by atoms with van der Waals surface area (Å²) in [6.45, 7) is 3.97. The van der Waals surface area contributed by atoms with Crippen LogP contribution in [0.5, 0.6) is 0 Å². The molecule has 0 atom stereocenters. The zero-order valence-electron chi connectivity index (χ0n) is 11.1. The Kier molecular flexibility index (Phi) is 4.47. The molecule has 2 rings (SSSR count). The van der Waals surface area contributed by atoms with Crippen LogP contribution in [0.25, 0.3) is 0 Å². The van der Waals surface area contributed by atoms with Crippen LogP contribution in [0.2, 0.25) is 4.34 Å². The Hall–Kier alpha value is -1.78. The topological polar surface area (TPSA) is 84.5 Å². The molecule has 20 heavy (non-hydrogen) atoms. The summed E-state index contributed by atoms with van der Waals surface area (Å²) in [6.07, 6.45) is 1.26. The largest absolute Gasteiger partial charge is 0.285 e. The molecule has 0 spiro atoms. The van der Waals surface area contributed by atoms with Crippen molar-refractivity contribution in [2.24, 2.45) is 0 Å². The number of aromatic nitrogens is 4. The van der Waals surface area contributed by atoms with Crippen molar-refractivity contribution in [2.75, 3.05) is 0 Å². The van der Waals surface area contributed by atoms with Gasteiger partial charge in [0.05, 0.1) is 12.2 Å². The minimum atomic E-state index is -0.411. The van der Waals surface area contributed by atoms with Gasteiger partial charge in [-0.15, -0.1) is 5.10 Å². The highest BCUT2D eigenvalue weighted by Crippen LogP contribution is 2.18. The first-order valence-corrected chi connectivity index (χ1v) is 7.27. The van der Waals surface area contributed by atoms with Crippen LogP contribution in [0.4, 0.5) is 0 Å². The third-order valence-corrected chi connectivity index (χ3v) is 3.93. The number of rotatable bonds is 4. The van der Waals surface area contributed by atoms with Crippen LogP contribution >= 0.6 is 23.1 Å². The van der Waals surface area contributed by atoms with E-state index in [4.69, 9.17) is 11.6 Å².